The third-order valence-corrected chi connectivity index (χ3v) is 6.29. The lowest BCUT2D eigenvalue weighted by atomic mass is 10.00. The molecule has 35 heavy (non-hydrogen) atoms. The van der Waals surface area contributed by atoms with Gasteiger partial charge in [0.2, 0.25) is 5.91 Å². The number of hydrogen-bond donors (Lipinski definition) is 3. The number of nitrogens with zero attached hydrogens (tertiary/aromatic N) is 3. The highest BCUT2D eigenvalue weighted by Gasteiger charge is 2.15. The van der Waals surface area contributed by atoms with Crippen molar-refractivity contribution in [2.75, 3.05) is 5.32 Å². The quantitative estimate of drug-likeness (QED) is 0.285. The van der Waals surface area contributed by atoms with Gasteiger partial charge in [-0.05, 0) is 43.0 Å². The molecule has 182 valence electrons. The van der Waals surface area contributed by atoms with E-state index in [1.165, 1.54) is 0 Å². The summed E-state index contributed by atoms with van der Waals surface area (Å²) in [6, 6.07) is 17.3. The highest BCUT2D eigenvalue weighted by molar-refractivity contribution is 5.78. The van der Waals surface area contributed by atoms with Crippen molar-refractivity contribution >= 4 is 17.4 Å². The maximum Gasteiger partial charge on any atom is 0.223 e. The van der Waals surface area contributed by atoms with Crippen molar-refractivity contribution in [3.05, 3.63) is 77.5 Å². The smallest absolute Gasteiger partial charge is 0.223 e. The first-order valence-electron chi connectivity index (χ1n) is 12.2. The van der Waals surface area contributed by atoms with E-state index >= 15 is 0 Å². The molecule has 0 aliphatic rings. The number of anilines is 1. The summed E-state index contributed by atoms with van der Waals surface area (Å²) in [7, 11) is 0. The number of hydrogen-bond acceptors (Lipinski definition) is 5. The number of carbonyl (C=O) groups is 1. The Morgan fingerprint density at radius 1 is 1.06 bits per heavy atom. The van der Waals surface area contributed by atoms with Crippen molar-refractivity contribution in [1.29, 1.82) is 0 Å². The van der Waals surface area contributed by atoms with Gasteiger partial charge in [0.1, 0.15) is 11.6 Å². The Labute approximate surface area is 206 Å². The van der Waals surface area contributed by atoms with Crippen LogP contribution in [0.1, 0.15) is 49.8 Å². The molecule has 1 amide bonds. The molecule has 1 atom stereocenters. The average molecular weight is 472 g/mol. The Hall–Kier alpha value is -3.87. The number of carbonyl (C=O) groups excluding carboxylic acids is 1. The Morgan fingerprint density at radius 3 is 2.46 bits per heavy atom. The molecular weight excluding hydrogens is 438 g/mol. The van der Waals surface area contributed by atoms with Crippen LogP contribution in [-0.4, -0.2) is 25.6 Å². The lowest BCUT2D eigenvalue weighted by molar-refractivity contribution is -0.125. The van der Waals surface area contributed by atoms with Gasteiger partial charge in [0.15, 0.2) is 5.65 Å². The van der Waals surface area contributed by atoms with E-state index in [0.29, 0.717) is 24.3 Å². The van der Waals surface area contributed by atoms with Crippen LogP contribution in [0.15, 0.2) is 60.8 Å². The van der Waals surface area contributed by atoms with Crippen LogP contribution >= 0.6 is 0 Å². The van der Waals surface area contributed by atoms with E-state index in [-0.39, 0.29) is 17.6 Å². The van der Waals surface area contributed by atoms with Crippen LogP contribution < -0.4 is 10.6 Å². The second kappa shape index (κ2) is 11.0. The van der Waals surface area contributed by atoms with Crippen molar-refractivity contribution in [2.45, 2.75) is 53.1 Å². The molecule has 0 bridgehead atoms. The van der Waals surface area contributed by atoms with E-state index in [1.54, 1.807) is 22.8 Å². The van der Waals surface area contributed by atoms with E-state index < -0.39 is 0 Å². The fourth-order valence-corrected chi connectivity index (χ4v) is 4.20. The third kappa shape index (κ3) is 5.62. The van der Waals surface area contributed by atoms with Gasteiger partial charge in [-0.25, -0.2) is 4.98 Å². The molecule has 4 aromatic rings. The molecule has 3 N–H and O–H groups in total. The monoisotopic (exact) mass is 471 g/mol. The SMILES string of the molecule is CCCC(CC)C(=O)NCc1ccc(CNc2cc(-c3ccccc3O)nc3c(C)cnn23)cc1. The predicted molar refractivity (Wildman–Crippen MR) is 139 cm³/mol. The summed E-state index contributed by atoms with van der Waals surface area (Å²) >= 11 is 0. The van der Waals surface area contributed by atoms with Gasteiger partial charge in [0.25, 0.3) is 0 Å². The summed E-state index contributed by atoms with van der Waals surface area (Å²) in [5, 5.41) is 21.3. The lowest BCUT2D eigenvalue weighted by Gasteiger charge is -2.14. The fourth-order valence-electron chi connectivity index (χ4n) is 4.20. The second-order valence-corrected chi connectivity index (χ2v) is 8.89. The van der Waals surface area contributed by atoms with Crippen LogP contribution in [0.5, 0.6) is 5.75 Å². The van der Waals surface area contributed by atoms with Gasteiger partial charge in [-0.3, -0.25) is 4.79 Å². The summed E-state index contributed by atoms with van der Waals surface area (Å²) in [6.07, 6.45) is 4.60. The molecule has 7 nitrogen and oxygen atoms in total. The van der Waals surface area contributed by atoms with Crippen LogP contribution in [0.4, 0.5) is 5.82 Å². The van der Waals surface area contributed by atoms with Crippen LogP contribution in [0.2, 0.25) is 0 Å². The topological polar surface area (TPSA) is 91.5 Å². The molecule has 2 aromatic carbocycles. The van der Waals surface area contributed by atoms with Crippen LogP contribution in [0, 0.1) is 12.8 Å². The molecule has 2 aromatic heterocycles. The molecular formula is C28H33N5O2. The largest absolute Gasteiger partial charge is 0.507 e. The number of aryl methyl sites for hydroxylation is 1. The zero-order valence-electron chi connectivity index (χ0n) is 20.6. The van der Waals surface area contributed by atoms with Gasteiger partial charge in [-0.2, -0.15) is 9.61 Å². The Morgan fingerprint density at radius 2 is 1.77 bits per heavy atom. The minimum atomic E-state index is 0.0919. The number of rotatable bonds is 10. The number of para-hydroxylation sites is 1. The van der Waals surface area contributed by atoms with Crippen molar-refractivity contribution in [3.63, 3.8) is 0 Å². The van der Waals surface area contributed by atoms with Gasteiger partial charge >= 0.3 is 0 Å². The summed E-state index contributed by atoms with van der Waals surface area (Å²) in [5.74, 6) is 1.21. The molecule has 4 rings (SSSR count). The summed E-state index contributed by atoms with van der Waals surface area (Å²) in [5.41, 5.74) is 5.24. The van der Waals surface area contributed by atoms with Gasteiger partial charge < -0.3 is 15.7 Å². The lowest BCUT2D eigenvalue weighted by Crippen LogP contribution is -2.29. The number of fused-ring (bicyclic) bond motifs is 1. The molecule has 0 saturated carbocycles. The Balaban J connectivity index is 1.46. The first-order chi connectivity index (χ1) is 17.0. The van der Waals surface area contributed by atoms with E-state index in [0.717, 1.165) is 47.4 Å². The first-order valence-corrected chi connectivity index (χ1v) is 12.2. The highest BCUT2D eigenvalue weighted by atomic mass is 16.3. The minimum Gasteiger partial charge on any atom is -0.507 e. The summed E-state index contributed by atoms with van der Waals surface area (Å²) in [4.78, 5) is 17.1. The van der Waals surface area contributed by atoms with Crippen LogP contribution in [0.3, 0.4) is 0 Å². The van der Waals surface area contributed by atoms with Crippen molar-refractivity contribution in [3.8, 4) is 17.0 Å². The zero-order valence-corrected chi connectivity index (χ0v) is 20.6. The van der Waals surface area contributed by atoms with Crippen LogP contribution in [0.25, 0.3) is 16.9 Å². The second-order valence-electron chi connectivity index (χ2n) is 8.89. The van der Waals surface area contributed by atoms with Crippen molar-refractivity contribution in [1.82, 2.24) is 19.9 Å². The van der Waals surface area contributed by atoms with Gasteiger partial charge in [0.05, 0.1) is 11.9 Å². The molecule has 7 heteroatoms. The Bertz CT molecular complexity index is 1300. The average Bonchev–Trinajstić information content (AvgIpc) is 3.26. The summed E-state index contributed by atoms with van der Waals surface area (Å²) in [6.45, 7) is 7.28. The van der Waals surface area contributed by atoms with Gasteiger partial charge in [0, 0.05) is 36.2 Å². The number of phenols is 1. The Kier molecular flexibility index (Phi) is 7.65. The van der Waals surface area contributed by atoms with Crippen molar-refractivity contribution < 1.29 is 9.90 Å². The third-order valence-electron chi connectivity index (χ3n) is 6.29. The molecule has 0 saturated heterocycles. The molecule has 0 spiro atoms. The fraction of sp³-hybridized carbons (Fsp3) is 0.321. The number of amides is 1. The molecule has 0 aliphatic heterocycles. The molecule has 0 aliphatic carbocycles. The molecule has 0 fully saturated rings. The molecule has 0 radical (unpaired) electrons. The number of phenolic OH excluding ortho intramolecular Hbond substituents is 1. The standard InChI is InChI=1S/C28H33N5O2/c1-4-8-22(5-2)28(35)30-18-21-13-11-20(12-14-21)17-29-26-15-24(23-9-6-7-10-25(23)34)32-27-19(3)16-31-33(26)27/h6-7,9-16,22,29,34H,4-5,8,17-18H2,1-3H3,(H,30,35). The number of aromatic hydroxyl groups is 1. The van der Waals surface area contributed by atoms with Crippen LogP contribution in [-0.2, 0) is 17.9 Å². The van der Waals surface area contributed by atoms with Gasteiger partial charge in [-0.15, -0.1) is 0 Å². The predicted octanol–water partition coefficient (Wildman–Crippen LogP) is 5.46. The number of nitrogens with one attached hydrogen (secondary N) is 2. The van der Waals surface area contributed by atoms with E-state index in [2.05, 4.69) is 41.7 Å². The maximum atomic E-state index is 12.4. The molecule has 2 heterocycles. The van der Waals surface area contributed by atoms with Gasteiger partial charge in [-0.1, -0.05) is 56.7 Å². The maximum absolute atomic E-state index is 12.4. The van der Waals surface area contributed by atoms with E-state index in [4.69, 9.17) is 4.98 Å². The minimum absolute atomic E-state index is 0.0919. The first kappa shape index (κ1) is 24.3. The highest BCUT2D eigenvalue weighted by Crippen LogP contribution is 2.30. The molecule has 1 unspecified atom stereocenters. The number of aromatic nitrogens is 3. The summed E-state index contributed by atoms with van der Waals surface area (Å²) < 4.78 is 1.78. The van der Waals surface area contributed by atoms with Crippen molar-refractivity contribution in [2.24, 2.45) is 5.92 Å². The van der Waals surface area contributed by atoms with E-state index in [9.17, 15) is 9.90 Å². The van der Waals surface area contributed by atoms with E-state index in [1.807, 2.05) is 37.3 Å². The zero-order chi connectivity index (χ0) is 24.8. The normalized spacial score (nSPS) is 12.0. The number of benzene rings is 2.